The summed E-state index contributed by atoms with van der Waals surface area (Å²) < 4.78 is 5.68. The monoisotopic (exact) mass is 237 g/mol. The molecule has 0 bridgehead atoms. The van der Waals surface area contributed by atoms with Crippen molar-refractivity contribution < 1.29 is 4.74 Å². The van der Waals surface area contributed by atoms with E-state index in [0.717, 1.165) is 12.1 Å². The van der Waals surface area contributed by atoms with Crippen molar-refractivity contribution in [1.29, 1.82) is 0 Å². The third kappa shape index (κ3) is 5.63. The van der Waals surface area contributed by atoms with Gasteiger partial charge in [0.15, 0.2) is 0 Å². The molecule has 0 aromatic carbocycles. The summed E-state index contributed by atoms with van der Waals surface area (Å²) in [5.74, 6) is 0.588. The van der Waals surface area contributed by atoms with Crippen LogP contribution in [-0.2, 0) is 6.54 Å². The predicted molar refractivity (Wildman–Crippen MR) is 68.8 cm³/mol. The van der Waals surface area contributed by atoms with E-state index in [2.05, 4.69) is 24.0 Å². The lowest BCUT2D eigenvalue weighted by Gasteiger charge is -2.13. The van der Waals surface area contributed by atoms with Gasteiger partial charge in [-0.25, -0.2) is 0 Å². The average Bonchev–Trinajstić information content (AvgIpc) is 2.36. The van der Waals surface area contributed by atoms with Gasteiger partial charge in [-0.3, -0.25) is 0 Å². The molecule has 1 unspecified atom stereocenters. The third-order valence-electron chi connectivity index (χ3n) is 2.69. The summed E-state index contributed by atoms with van der Waals surface area (Å²) in [7, 11) is 0. The number of aromatic nitrogens is 2. The maximum absolute atomic E-state index is 5.68. The Bertz CT molecular complexity index is 300. The van der Waals surface area contributed by atoms with Gasteiger partial charge >= 0.3 is 0 Å². The van der Waals surface area contributed by atoms with Crippen LogP contribution in [0.2, 0.25) is 0 Å². The van der Waals surface area contributed by atoms with E-state index >= 15 is 0 Å². The fraction of sp³-hybridized carbons (Fsp3) is 0.692. The highest BCUT2D eigenvalue weighted by Crippen LogP contribution is 2.12. The summed E-state index contributed by atoms with van der Waals surface area (Å²) in [5, 5.41) is 7.94. The number of hydrogen-bond acceptors (Lipinski definition) is 4. The predicted octanol–water partition coefficient (Wildman–Crippen LogP) is 2.67. The van der Waals surface area contributed by atoms with Crippen molar-refractivity contribution >= 4 is 0 Å². The van der Waals surface area contributed by atoms with E-state index in [4.69, 9.17) is 10.5 Å². The van der Waals surface area contributed by atoms with Crippen molar-refractivity contribution in [2.24, 2.45) is 5.73 Å². The molecule has 2 N–H and O–H groups in total. The molecule has 1 atom stereocenters. The molecule has 1 heterocycles. The van der Waals surface area contributed by atoms with Gasteiger partial charge in [0.1, 0.15) is 0 Å². The second kappa shape index (κ2) is 8.01. The lowest BCUT2D eigenvalue weighted by atomic mass is 10.1. The molecular weight excluding hydrogens is 214 g/mol. The first kappa shape index (κ1) is 13.9. The number of rotatable bonds is 8. The van der Waals surface area contributed by atoms with E-state index in [-0.39, 0.29) is 6.10 Å². The van der Waals surface area contributed by atoms with Crippen molar-refractivity contribution in [3.63, 3.8) is 0 Å². The molecule has 1 aromatic rings. The fourth-order valence-corrected chi connectivity index (χ4v) is 1.64. The van der Waals surface area contributed by atoms with Crippen LogP contribution in [-0.4, -0.2) is 16.3 Å². The molecule has 4 heteroatoms. The highest BCUT2D eigenvalue weighted by Gasteiger charge is 2.05. The zero-order valence-corrected chi connectivity index (χ0v) is 10.9. The Morgan fingerprint density at radius 3 is 2.65 bits per heavy atom. The number of ether oxygens (including phenoxy) is 1. The number of hydrogen-bond donors (Lipinski definition) is 1. The molecule has 0 aliphatic carbocycles. The van der Waals surface area contributed by atoms with Gasteiger partial charge in [0.25, 0.3) is 0 Å². The maximum Gasteiger partial charge on any atom is 0.233 e. The van der Waals surface area contributed by atoms with Crippen LogP contribution < -0.4 is 10.5 Å². The highest BCUT2D eigenvalue weighted by molar-refractivity contribution is 5.11. The zero-order chi connectivity index (χ0) is 12.5. The van der Waals surface area contributed by atoms with Crippen LogP contribution in [0.5, 0.6) is 5.88 Å². The van der Waals surface area contributed by atoms with Crippen molar-refractivity contribution in [1.82, 2.24) is 10.2 Å². The summed E-state index contributed by atoms with van der Waals surface area (Å²) in [6.07, 6.45) is 6.33. The van der Waals surface area contributed by atoms with Gasteiger partial charge in [-0.05, 0) is 25.8 Å². The van der Waals surface area contributed by atoms with Crippen molar-refractivity contribution in [3.05, 3.63) is 17.8 Å². The standard InChI is InChI=1S/C13H23N3O/c1-3-4-5-6-7-11(2)17-13-9-8-12(10-14)15-16-13/h8-9,11H,3-7,10,14H2,1-2H3. The van der Waals surface area contributed by atoms with Gasteiger partial charge in [0, 0.05) is 12.6 Å². The third-order valence-corrected chi connectivity index (χ3v) is 2.69. The lowest BCUT2D eigenvalue weighted by Crippen LogP contribution is -2.13. The van der Waals surface area contributed by atoms with E-state index in [1.165, 1.54) is 25.7 Å². The van der Waals surface area contributed by atoms with Crippen LogP contribution >= 0.6 is 0 Å². The molecule has 96 valence electrons. The first-order chi connectivity index (χ1) is 8.26. The molecule has 0 saturated heterocycles. The molecule has 0 fully saturated rings. The van der Waals surface area contributed by atoms with E-state index in [1.54, 1.807) is 0 Å². The summed E-state index contributed by atoms with van der Waals surface area (Å²) >= 11 is 0. The smallest absolute Gasteiger partial charge is 0.233 e. The molecule has 4 nitrogen and oxygen atoms in total. The number of nitrogens with two attached hydrogens (primary N) is 1. The van der Waals surface area contributed by atoms with Crippen LogP contribution in [0, 0.1) is 0 Å². The van der Waals surface area contributed by atoms with Gasteiger partial charge in [0.05, 0.1) is 11.8 Å². The molecule has 17 heavy (non-hydrogen) atoms. The molecule has 0 saturated carbocycles. The van der Waals surface area contributed by atoms with Crippen molar-refractivity contribution in [2.45, 2.75) is 58.6 Å². The number of unbranched alkanes of at least 4 members (excludes halogenated alkanes) is 3. The van der Waals surface area contributed by atoms with Gasteiger partial charge < -0.3 is 10.5 Å². The summed E-state index contributed by atoms with van der Waals surface area (Å²) in [6.45, 7) is 4.71. The normalized spacial score (nSPS) is 12.4. The van der Waals surface area contributed by atoms with Crippen LogP contribution in [0.25, 0.3) is 0 Å². The average molecular weight is 237 g/mol. The van der Waals surface area contributed by atoms with E-state index < -0.39 is 0 Å². The lowest BCUT2D eigenvalue weighted by molar-refractivity contribution is 0.196. The Balaban J connectivity index is 2.26. The molecule has 0 aliphatic rings. The first-order valence-corrected chi connectivity index (χ1v) is 6.45. The number of nitrogens with zero attached hydrogens (tertiary/aromatic N) is 2. The second-order valence-electron chi connectivity index (χ2n) is 4.34. The minimum absolute atomic E-state index is 0.199. The van der Waals surface area contributed by atoms with Crippen molar-refractivity contribution in [3.8, 4) is 5.88 Å². The summed E-state index contributed by atoms with van der Waals surface area (Å²) in [5.41, 5.74) is 6.24. The SMILES string of the molecule is CCCCCCC(C)Oc1ccc(CN)nn1. The Morgan fingerprint density at radius 1 is 1.24 bits per heavy atom. The molecule has 0 amide bonds. The van der Waals surface area contributed by atoms with Crippen LogP contribution in [0.1, 0.15) is 51.6 Å². The van der Waals surface area contributed by atoms with Gasteiger partial charge in [-0.2, -0.15) is 5.10 Å². The molecular formula is C13H23N3O. The summed E-state index contributed by atoms with van der Waals surface area (Å²) in [6, 6.07) is 3.68. The van der Waals surface area contributed by atoms with Crippen LogP contribution in [0.15, 0.2) is 12.1 Å². The van der Waals surface area contributed by atoms with Gasteiger partial charge in [-0.1, -0.05) is 26.2 Å². The Morgan fingerprint density at radius 2 is 2.06 bits per heavy atom. The fourth-order valence-electron chi connectivity index (χ4n) is 1.64. The van der Waals surface area contributed by atoms with E-state index in [9.17, 15) is 0 Å². The largest absolute Gasteiger partial charge is 0.474 e. The minimum atomic E-state index is 0.199. The second-order valence-corrected chi connectivity index (χ2v) is 4.34. The molecule has 1 aromatic heterocycles. The quantitative estimate of drug-likeness (QED) is 0.706. The Hall–Kier alpha value is -1.16. The van der Waals surface area contributed by atoms with Crippen molar-refractivity contribution in [2.75, 3.05) is 0 Å². The first-order valence-electron chi connectivity index (χ1n) is 6.45. The summed E-state index contributed by atoms with van der Waals surface area (Å²) in [4.78, 5) is 0. The Kier molecular flexibility index (Phi) is 6.55. The molecule has 0 spiro atoms. The van der Waals surface area contributed by atoms with E-state index in [1.807, 2.05) is 12.1 Å². The van der Waals surface area contributed by atoms with Gasteiger partial charge in [-0.15, -0.1) is 5.10 Å². The molecule has 0 radical (unpaired) electrons. The highest BCUT2D eigenvalue weighted by atomic mass is 16.5. The molecule has 0 aliphatic heterocycles. The van der Waals surface area contributed by atoms with Crippen LogP contribution in [0.3, 0.4) is 0 Å². The molecule has 1 rings (SSSR count). The van der Waals surface area contributed by atoms with Gasteiger partial charge in [0.2, 0.25) is 5.88 Å². The topological polar surface area (TPSA) is 61.0 Å². The Labute approximate surface area is 104 Å². The van der Waals surface area contributed by atoms with Crippen LogP contribution in [0.4, 0.5) is 0 Å². The van der Waals surface area contributed by atoms with E-state index in [0.29, 0.717) is 12.4 Å². The minimum Gasteiger partial charge on any atom is -0.474 e. The zero-order valence-electron chi connectivity index (χ0n) is 10.9. The maximum atomic E-state index is 5.68.